The molecule has 8 heteroatoms. The number of aromatic nitrogens is 3. The molecule has 0 saturated carbocycles. The minimum absolute atomic E-state index is 0.510. The zero-order valence-electron chi connectivity index (χ0n) is 18.6. The Morgan fingerprint density at radius 2 is 1.82 bits per heavy atom. The minimum Gasteiger partial charge on any atom is -0.496 e. The molecular formula is C25H27N5O3. The van der Waals surface area contributed by atoms with Crippen LogP contribution in [-0.2, 0) is 4.74 Å². The van der Waals surface area contributed by atoms with Gasteiger partial charge in [0.2, 0.25) is 5.95 Å². The summed E-state index contributed by atoms with van der Waals surface area (Å²) in [4.78, 5) is 6.81. The van der Waals surface area contributed by atoms with Gasteiger partial charge in [-0.25, -0.2) is 9.50 Å². The second-order valence-electron chi connectivity index (χ2n) is 7.79. The molecule has 1 aliphatic rings. The van der Waals surface area contributed by atoms with E-state index in [1.807, 2.05) is 65.2 Å². The van der Waals surface area contributed by atoms with E-state index < -0.39 is 0 Å². The molecule has 0 bridgehead atoms. The SMILES string of the molecule is COc1ccccc1-c1ccc2cnc(Nc3ccc(OCCN4CCOCC4)cc3)nn12. The molecule has 33 heavy (non-hydrogen) atoms. The third-order valence-electron chi connectivity index (χ3n) is 5.67. The van der Waals surface area contributed by atoms with Gasteiger partial charge in [0.1, 0.15) is 18.1 Å². The summed E-state index contributed by atoms with van der Waals surface area (Å²) in [6.45, 7) is 5.11. The van der Waals surface area contributed by atoms with Crippen molar-refractivity contribution in [1.82, 2.24) is 19.5 Å². The molecule has 170 valence electrons. The lowest BCUT2D eigenvalue weighted by molar-refractivity contribution is 0.0322. The van der Waals surface area contributed by atoms with E-state index in [1.54, 1.807) is 13.3 Å². The van der Waals surface area contributed by atoms with Crippen LogP contribution < -0.4 is 14.8 Å². The number of fused-ring (bicyclic) bond motifs is 1. The highest BCUT2D eigenvalue weighted by atomic mass is 16.5. The van der Waals surface area contributed by atoms with E-state index in [0.717, 1.165) is 66.8 Å². The number of methoxy groups -OCH3 is 1. The molecule has 0 amide bonds. The van der Waals surface area contributed by atoms with Gasteiger partial charge in [0.15, 0.2) is 0 Å². The Morgan fingerprint density at radius 3 is 2.64 bits per heavy atom. The number of anilines is 2. The maximum atomic E-state index is 5.89. The smallest absolute Gasteiger partial charge is 0.245 e. The van der Waals surface area contributed by atoms with E-state index in [4.69, 9.17) is 19.3 Å². The Kier molecular flexibility index (Phi) is 6.37. The summed E-state index contributed by atoms with van der Waals surface area (Å²) in [5, 5.41) is 7.97. The molecule has 1 saturated heterocycles. The van der Waals surface area contributed by atoms with Gasteiger partial charge in [-0.15, -0.1) is 5.10 Å². The van der Waals surface area contributed by atoms with Crippen molar-refractivity contribution in [2.24, 2.45) is 0 Å². The fraction of sp³-hybridized carbons (Fsp3) is 0.280. The topological polar surface area (TPSA) is 73.1 Å². The van der Waals surface area contributed by atoms with Gasteiger partial charge in [-0.2, -0.15) is 0 Å². The van der Waals surface area contributed by atoms with Gasteiger partial charge >= 0.3 is 0 Å². The molecule has 2 aromatic heterocycles. The van der Waals surface area contributed by atoms with Gasteiger partial charge in [-0.05, 0) is 48.5 Å². The van der Waals surface area contributed by atoms with Crippen molar-refractivity contribution >= 4 is 17.2 Å². The van der Waals surface area contributed by atoms with E-state index >= 15 is 0 Å². The number of morpholine rings is 1. The second kappa shape index (κ2) is 9.89. The molecule has 4 aromatic rings. The van der Waals surface area contributed by atoms with Crippen molar-refractivity contribution in [3.8, 4) is 22.8 Å². The highest BCUT2D eigenvalue weighted by molar-refractivity contribution is 5.72. The number of ether oxygens (including phenoxy) is 3. The third-order valence-corrected chi connectivity index (χ3v) is 5.67. The Bertz CT molecular complexity index is 1200. The Labute approximate surface area is 192 Å². The Hall–Kier alpha value is -3.62. The van der Waals surface area contributed by atoms with Gasteiger partial charge in [0, 0.05) is 30.9 Å². The first-order chi connectivity index (χ1) is 16.3. The van der Waals surface area contributed by atoms with E-state index in [0.29, 0.717) is 12.6 Å². The van der Waals surface area contributed by atoms with Crippen molar-refractivity contribution in [2.75, 3.05) is 51.9 Å². The van der Waals surface area contributed by atoms with Crippen LogP contribution in [0.25, 0.3) is 16.8 Å². The first-order valence-corrected chi connectivity index (χ1v) is 11.1. The molecule has 1 aliphatic heterocycles. The molecule has 0 spiro atoms. The van der Waals surface area contributed by atoms with Crippen LogP contribution >= 0.6 is 0 Å². The molecule has 0 aliphatic carbocycles. The summed E-state index contributed by atoms with van der Waals surface area (Å²) in [6, 6.07) is 19.8. The van der Waals surface area contributed by atoms with E-state index in [-0.39, 0.29) is 0 Å². The highest BCUT2D eigenvalue weighted by Crippen LogP contribution is 2.30. The van der Waals surface area contributed by atoms with Gasteiger partial charge in [-0.3, -0.25) is 4.90 Å². The number of hydrogen-bond donors (Lipinski definition) is 1. The molecule has 8 nitrogen and oxygen atoms in total. The van der Waals surface area contributed by atoms with Crippen LogP contribution in [0.5, 0.6) is 11.5 Å². The third kappa shape index (κ3) is 4.92. The van der Waals surface area contributed by atoms with Crippen molar-refractivity contribution in [1.29, 1.82) is 0 Å². The van der Waals surface area contributed by atoms with E-state index in [1.165, 1.54) is 0 Å². The molecule has 0 radical (unpaired) electrons. The summed E-state index contributed by atoms with van der Waals surface area (Å²) in [5.41, 5.74) is 3.71. The average molecular weight is 446 g/mol. The van der Waals surface area contributed by atoms with Crippen molar-refractivity contribution in [2.45, 2.75) is 0 Å². The fourth-order valence-electron chi connectivity index (χ4n) is 3.90. The quantitative estimate of drug-likeness (QED) is 0.441. The zero-order valence-corrected chi connectivity index (χ0v) is 18.6. The number of nitrogens with zero attached hydrogens (tertiary/aromatic N) is 4. The number of hydrogen-bond acceptors (Lipinski definition) is 7. The van der Waals surface area contributed by atoms with E-state index in [9.17, 15) is 0 Å². The van der Waals surface area contributed by atoms with Crippen LogP contribution in [0.15, 0.2) is 66.9 Å². The van der Waals surface area contributed by atoms with E-state index in [2.05, 4.69) is 15.2 Å². The molecule has 2 aromatic carbocycles. The largest absolute Gasteiger partial charge is 0.496 e. The lowest BCUT2D eigenvalue weighted by atomic mass is 10.1. The lowest BCUT2D eigenvalue weighted by Gasteiger charge is -2.26. The molecule has 0 unspecified atom stereocenters. The summed E-state index contributed by atoms with van der Waals surface area (Å²) in [5.74, 6) is 2.15. The van der Waals surface area contributed by atoms with Crippen LogP contribution in [0, 0.1) is 0 Å². The van der Waals surface area contributed by atoms with Gasteiger partial charge in [0.05, 0.1) is 37.7 Å². The molecule has 3 heterocycles. The molecule has 1 N–H and O–H groups in total. The first-order valence-electron chi connectivity index (χ1n) is 11.1. The average Bonchev–Trinajstić information content (AvgIpc) is 3.29. The predicted octanol–water partition coefficient (Wildman–Crippen LogP) is 3.86. The predicted molar refractivity (Wildman–Crippen MR) is 127 cm³/mol. The second-order valence-corrected chi connectivity index (χ2v) is 7.79. The minimum atomic E-state index is 0.510. The van der Waals surface area contributed by atoms with Crippen LogP contribution in [-0.4, -0.2) is 66.1 Å². The van der Waals surface area contributed by atoms with Crippen molar-refractivity contribution in [3.05, 3.63) is 66.9 Å². The molecular weight excluding hydrogens is 418 g/mol. The summed E-state index contributed by atoms with van der Waals surface area (Å²) < 4.78 is 18.7. The summed E-state index contributed by atoms with van der Waals surface area (Å²) in [7, 11) is 1.67. The standard InChI is InChI=1S/C25H27N5O3/c1-31-24-5-3-2-4-22(24)23-11-8-20-18-26-25(28-30(20)23)27-19-6-9-21(10-7-19)33-17-14-29-12-15-32-16-13-29/h2-11,18H,12-17H2,1H3,(H,27,28). The van der Waals surface area contributed by atoms with Crippen LogP contribution in [0.2, 0.25) is 0 Å². The van der Waals surface area contributed by atoms with Crippen LogP contribution in [0.4, 0.5) is 11.6 Å². The Morgan fingerprint density at radius 1 is 1.00 bits per heavy atom. The summed E-state index contributed by atoms with van der Waals surface area (Å²) >= 11 is 0. The molecule has 0 atom stereocenters. The number of para-hydroxylation sites is 1. The zero-order chi connectivity index (χ0) is 22.5. The summed E-state index contributed by atoms with van der Waals surface area (Å²) in [6.07, 6.45) is 1.80. The van der Waals surface area contributed by atoms with Gasteiger partial charge in [0.25, 0.3) is 0 Å². The first kappa shape index (κ1) is 21.2. The van der Waals surface area contributed by atoms with Crippen LogP contribution in [0.3, 0.4) is 0 Å². The number of benzene rings is 2. The van der Waals surface area contributed by atoms with Gasteiger partial charge < -0.3 is 19.5 Å². The van der Waals surface area contributed by atoms with Gasteiger partial charge in [-0.1, -0.05) is 12.1 Å². The normalized spacial score (nSPS) is 14.3. The maximum Gasteiger partial charge on any atom is 0.245 e. The highest BCUT2D eigenvalue weighted by Gasteiger charge is 2.12. The molecule has 1 fully saturated rings. The monoisotopic (exact) mass is 445 g/mol. The maximum absolute atomic E-state index is 5.89. The lowest BCUT2D eigenvalue weighted by Crippen LogP contribution is -2.38. The number of nitrogens with one attached hydrogen (secondary N) is 1. The fourth-order valence-corrected chi connectivity index (χ4v) is 3.90. The number of rotatable bonds is 8. The Balaban J connectivity index is 1.26. The van der Waals surface area contributed by atoms with Crippen molar-refractivity contribution in [3.63, 3.8) is 0 Å². The van der Waals surface area contributed by atoms with Crippen LogP contribution in [0.1, 0.15) is 0 Å². The molecule has 5 rings (SSSR count). The van der Waals surface area contributed by atoms with Crippen molar-refractivity contribution < 1.29 is 14.2 Å².